The zero-order chi connectivity index (χ0) is 14.0. The first-order valence-corrected chi connectivity index (χ1v) is 5.89. The highest BCUT2D eigenvalue weighted by Crippen LogP contribution is 2.33. The molecule has 0 aliphatic rings. The van der Waals surface area contributed by atoms with Crippen molar-refractivity contribution in [3.05, 3.63) is 57.6 Å². The first-order valence-electron chi connectivity index (χ1n) is 5.13. The molecule has 0 fully saturated rings. The van der Waals surface area contributed by atoms with Gasteiger partial charge in [-0.05, 0) is 24.3 Å². The Morgan fingerprint density at radius 3 is 2.21 bits per heavy atom. The summed E-state index contributed by atoms with van der Waals surface area (Å²) >= 11 is 11.8. The SMILES string of the molecule is N#Cc1ccc(Nc2c(Cl)cccc2Cl)c(F)c1F. The topological polar surface area (TPSA) is 35.8 Å². The van der Waals surface area contributed by atoms with E-state index in [2.05, 4.69) is 5.32 Å². The molecule has 2 nitrogen and oxygen atoms in total. The van der Waals surface area contributed by atoms with Gasteiger partial charge >= 0.3 is 0 Å². The number of rotatable bonds is 2. The summed E-state index contributed by atoms with van der Waals surface area (Å²) in [5.74, 6) is -2.37. The molecule has 0 amide bonds. The number of halogens is 4. The minimum absolute atomic E-state index is 0.147. The first kappa shape index (κ1) is 13.6. The monoisotopic (exact) mass is 298 g/mol. The number of para-hydroxylation sites is 1. The van der Waals surface area contributed by atoms with Crippen LogP contribution in [-0.2, 0) is 0 Å². The number of nitriles is 1. The number of nitrogens with one attached hydrogen (secondary N) is 1. The minimum Gasteiger partial charge on any atom is -0.351 e. The summed E-state index contributed by atoms with van der Waals surface area (Å²) < 4.78 is 27.2. The maximum absolute atomic E-state index is 13.7. The second kappa shape index (κ2) is 5.43. The highest BCUT2D eigenvalue weighted by Gasteiger charge is 2.15. The summed E-state index contributed by atoms with van der Waals surface area (Å²) in [6.07, 6.45) is 0. The second-order valence-electron chi connectivity index (χ2n) is 3.62. The van der Waals surface area contributed by atoms with Gasteiger partial charge in [0, 0.05) is 0 Å². The van der Waals surface area contributed by atoms with Crippen molar-refractivity contribution in [1.82, 2.24) is 0 Å². The zero-order valence-electron chi connectivity index (χ0n) is 9.35. The zero-order valence-corrected chi connectivity index (χ0v) is 10.9. The van der Waals surface area contributed by atoms with Crippen LogP contribution >= 0.6 is 23.2 Å². The van der Waals surface area contributed by atoms with E-state index in [9.17, 15) is 8.78 Å². The molecule has 2 aromatic carbocycles. The third kappa shape index (κ3) is 2.62. The van der Waals surface area contributed by atoms with Crippen LogP contribution in [0.4, 0.5) is 20.2 Å². The number of anilines is 2. The van der Waals surface area contributed by atoms with Crippen molar-refractivity contribution in [2.75, 3.05) is 5.32 Å². The molecule has 0 aliphatic carbocycles. The molecule has 0 heterocycles. The molecule has 6 heteroatoms. The average molecular weight is 299 g/mol. The average Bonchev–Trinajstić information content (AvgIpc) is 2.39. The van der Waals surface area contributed by atoms with E-state index in [1.165, 1.54) is 12.1 Å². The molecular formula is C13H6Cl2F2N2. The molecule has 2 rings (SSSR count). The van der Waals surface area contributed by atoms with Gasteiger partial charge in [-0.1, -0.05) is 29.3 Å². The Morgan fingerprint density at radius 1 is 1.00 bits per heavy atom. The molecule has 2 aromatic rings. The minimum atomic E-state index is -1.21. The van der Waals surface area contributed by atoms with Gasteiger partial charge in [-0.15, -0.1) is 0 Å². The van der Waals surface area contributed by atoms with Crippen LogP contribution < -0.4 is 5.32 Å². The molecule has 0 aromatic heterocycles. The van der Waals surface area contributed by atoms with Crippen LogP contribution in [-0.4, -0.2) is 0 Å². The van der Waals surface area contributed by atoms with Crippen molar-refractivity contribution in [3.63, 3.8) is 0 Å². The Hall–Kier alpha value is -1.83. The van der Waals surface area contributed by atoms with Crippen molar-refractivity contribution in [2.45, 2.75) is 0 Å². The number of hydrogen-bond acceptors (Lipinski definition) is 2. The quantitative estimate of drug-likeness (QED) is 0.857. The lowest BCUT2D eigenvalue weighted by Gasteiger charge is -2.11. The summed E-state index contributed by atoms with van der Waals surface area (Å²) in [5.41, 5.74) is -0.242. The Morgan fingerprint density at radius 2 is 1.63 bits per heavy atom. The maximum atomic E-state index is 13.7. The largest absolute Gasteiger partial charge is 0.351 e. The Labute approximate surface area is 118 Å². The van der Waals surface area contributed by atoms with E-state index in [-0.39, 0.29) is 27.0 Å². The molecule has 0 aliphatic heterocycles. The predicted octanol–water partition coefficient (Wildman–Crippen LogP) is 4.89. The van der Waals surface area contributed by atoms with Gasteiger partial charge in [0.1, 0.15) is 6.07 Å². The van der Waals surface area contributed by atoms with Crippen LogP contribution in [0.15, 0.2) is 30.3 Å². The number of hydrogen-bond donors (Lipinski definition) is 1. The van der Waals surface area contributed by atoms with Gasteiger partial charge in [0.15, 0.2) is 11.6 Å². The van der Waals surface area contributed by atoms with E-state index < -0.39 is 11.6 Å². The highest BCUT2D eigenvalue weighted by atomic mass is 35.5. The molecule has 0 saturated heterocycles. The van der Waals surface area contributed by atoms with Gasteiger partial charge in [-0.25, -0.2) is 8.78 Å². The van der Waals surface area contributed by atoms with Gasteiger partial charge in [0.25, 0.3) is 0 Å². The fraction of sp³-hybridized carbons (Fsp3) is 0. The molecular weight excluding hydrogens is 293 g/mol. The van der Waals surface area contributed by atoms with Crippen LogP contribution in [0.3, 0.4) is 0 Å². The smallest absolute Gasteiger partial charge is 0.183 e. The van der Waals surface area contributed by atoms with Crippen LogP contribution in [0.2, 0.25) is 10.0 Å². The second-order valence-corrected chi connectivity index (χ2v) is 4.44. The van der Waals surface area contributed by atoms with Crippen LogP contribution in [0.5, 0.6) is 0 Å². The van der Waals surface area contributed by atoms with Crippen LogP contribution in [0, 0.1) is 23.0 Å². The summed E-state index contributed by atoms with van der Waals surface area (Å²) in [6, 6.07) is 8.73. The van der Waals surface area contributed by atoms with Gasteiger partial charge in [0.05, 0.1) is 27.0 Å². The lowest BCUT2D eigenvalue weighted by molar-refractivity contribution is 0.509. The normalized spacial score (nSPS) is 10.1. The van der Waals surface area contributed by atoms with E-state index in [4.69, 9.17) is 28.5 Å². The fourth-order valence-corrected chi connectivity index (χ4v) is 1.98. The number of nitrogens with zero attached hydrogens (tertiary/aromatic N) is 1. The molecule has 0 radical (unpaired) electrons. The summed E-state index contributed by atoms with van der Waals surface area (Å²) in [6.45, 7) is 0. The van der Waals surface area contributed by atoms with Crippen LogP contribution in [0.1, 0.15) is 5.56 Å². The Bertz CT molecular complexity index is 661. The predicted molar refractivity (Wildman–Crippen MR) is 70.8 cm³/mol. The van der Waals surface area contributed by atoms with E-state index in [1.54, 1.807) is 24.3 Å². The van der Waals surface area contributed by atoms with Crippen molar-refractivity contribution in [1.29, 1.82) is 5.26 Å². The number of benzene rings is 2. The van der Waals surface area contributed by atoms with Crippen molar-refractivity contribution in [3.8, 4) is 6.07 Å². The first-order chi connectivity index (χ1) is 9.04. The molecule has 19 heavy (non-hydrogen) atoms. The highest BCUT2D eigenvalue weighted by molar-refractivity contribution is 6.39. The maximum Gasteiger partial charge on any atom is 0.183 e. The molecule has 1 N–H and O–H groups in total. The molecule has 0 bridgehead atoms. The lowest BCUT2D eigenvalue weighted by atomic mass is 10.2. The molecule has 0 spiro atoms. The van der Waals surface area contributed by atoms with Gasteiger partial charge in [0.2, 0.25) is 0 Å². The molecule has 0 unspecified atom stereocenters. The third-order valence-corrected chi connectivity index (χ3v) is 3.06. The van der Waals surface area contributed by atoms with E-state index in [0.29, 0.717) is 0 Å². The molecule has 0 atom stereocenters. The van der Waals surface area contributed by atoms with Crippen molar-refractivity contribution >= 4 is 34.6 Å². The molecule has 96 valence electrons. The van der Waals surface area contributed by atoms with Gasteiger partial charge in [-0.3, -0.25) is 0 Å². The standard InChI is InChI=1S/C13H6Cl2F2N2/c14-8-2-1-3-9(15)13(8)19-10-5-4-7(6-18)11(16)12(10)17/h1-5,19H. The van der Waals surface area contributed by atoms with E-state index in [0.717, 1.165) is 0 Å². The molecule has 0 saturated carbocycles. The van der Waals surface area contributed by atoms with Gasteiger partial charge in [-0.2, -0.15) is 5.26 Å². The van der Waals surface area contributed by atoms with E-state index >= 15 is 0 Å². The fourth-order valence-electron chi connectivity index (χ4n) is 1.48. The van der Waals surface area contributed by atoms with E-state index in [1.807, 2.05) is 0 Å². The van der Waals surface area contributed by atoms with Crippen molar-refractivity contribution in [2.24, 2.45) is 0 Å². The Kier molecular flexibility index (Phi) is 3.89. The lowest BCUT2D eigenvalue weighted by Crippen LogP contribution is -1.99. The van der Waals surface area contributed by atoms with Crippen LogP contribution in [0.25, 0.3) is 0 Å². The third-order valence-electron chi connectivity index (χ3n) is 2.43. The Balaban J connectivity index is 2.46. The summed E-state index contributed by atoms with van der Waals surface area (Å²) in [4.78, 5) is 0. The summed E-state index contributed by atoms with van der Waals surface area (Å²) in [5, 5.41) is 11.8. The van der Waals surface area contributed by atoms with Gasteiger partial charge < -0.3 is 5.32 Å². The summed E-state index contributed by atoms with van der Waals surface area (Å²) in [7, 11) is 0. The van der Waals surface area contributed by atoms with Crippen molar-refractivity contribution < 1.29 is 8.78 Å².